The Bertz CT molecular complexity index is 557. The highest BCUT2D eigenvalue weighted by Gasteiger charge is 2.36. The minimum Gasteiger partial charge on any atom is -0.417 e. The van der Waals surface area contributed by atoms with Gasteiger partial charge in [0, 0.05) is 13.7 Å². The molecule has 1 N–H and O–H groups in total. The van der Waals surface area contributed by atoms with Crippen molar-refractivity contribution in [1.82, 2.24) is 9.78 Å². The van der Waals surface area contributed by atoms with Gasteiger partial charge in [-0.3, -0.25) is 9.48 Å². The Morgan fingerprint density at radius 3 is 2.61 bits per heavy atom. The fraction of sp³-hybridized carbons (Fsp3) is 0.647. The molecule has 0 spiro atoms. The number of rotatable bonds is 7. The number of hydrogen-bond donors (Lipinski definition) is 1. The summed E-state index contributed by atoms with van der Waals surface area (Å²) in [5, 5.41) is 7.17. The van der Waals surface area contributed by atoms with Crippen LogP contribution >= 0.6 is 0 Å². The number of aromatic nitrogens is 2. The first-order chi connectivity index (χ1) is 10.5. The van der Waals surface area contributed by atoms with Gasteiger partial charge in [0.25, 0.3) is 0 Å². The van der Waals surface area contributed by atoms with Crippen LogP contribution in [-0.4, -0.2) is 30.6 Å². The average molecular weight is 338 g/mol. The normalized spacial score (nSPS) is 12.8. The number of anilines is 1. The summed E-state index contributed by atoms with van der Waals surface area (Å²) in [5.41, 5.74) is 1.69. The predicted octanol–water partition coefficient (Wildman–Crippen LogP) is 4.03. The maximum atomic E-state index is 11.8. The molecule has 0 aliphatic heterocycles. The van der Waals surface area contributed by atoms with E-state index in [1.165, 1.54) is 0 Å². The molecule has 0 saturated heterocycles. The van der Waals surface area contributed by atoms with Crippen molar-refractivity contribution in [2.75, 3.05) is 11.9 Å². The van der Waals surface area contributed by atoms with Crippen molar-refractivity contribution in [2.45, 2.75) is 58.7 Å². The second-order valence-corrected chi connectivity index (χ2v) is 12.2. The smallest absolute Gasteiger partial charge is 0.248 e. The first-order valence-corrected chi connectivity index (χ1v) is 11.1. The van der Waals surface area contributed by atoms with Crippen LogP contribution in [0.15, 0.2) is 18.3 Å². The quantitative estimate of drug-likeness (QED) is 0.464. The molecule has 1 aromatic rings. The number of nitrogens with zero attached hydrogens (tertiary/aromatic N) is 2. The fourth-order valence-electron chi connectivity index (χ4n) is 1.73. The van der Waals surface area contributed by atoms with Crippen LogP contribution in [0.1, 0.15) is 39.3 Å². The number of hydrogen-bond acceptors (Lipinski definition) is 3. The standard InChI is InChI=1S/C17H31N3O2Si/c1-14-15(13-18-20(14)5)19-16(21)11-9-8-10-12-22-23(6,7)17(2,3)4/h9,11,13H,8,10,12H2,1-7H3,(H,19,21)/b11-9+. The highest BCUT2D eigenvalue weighted by Crippen LogP contribution is 2.36. The second kappa shape index (κ2) is 7.92. The molecule has 5 nitrogen and oxygen atoms in total. The number of unbranched alkanes of at least 4 members (excludes halogenated alkanes) is 1. The van der Waals surface area contributed by atoms with Gasteiger partial charge in [-0.05, 0) is 44.0 Å². The van der Waals surface area contributed by atoms with E-state index >= 15 is 0 Å². The summed E-state index contributed by atoms with van der Waals surface area (Å²) in [6, 6.07) is 0. The lowest BCUT2D eigenvalue weighted by atomic mass is 10.2. The van der Waals surface area contributed by atoms with E-state index in [0.29, 0.717) is 0 Å². The summed E-state index contributed by atoms with van der Waals surface area (Å²) in [6.07, 6.45) is 6.92. The van der Waals surface area contributed by atoms with E-state index in [9.17, 15) is 4.79 Å². The topological polar surface area (TPSA) is 56.1 Å². The van der Waals surface area contributed by atoms with E-state index < -0.39 is 8.32 Å². The number of carbonyl (C=O) groups excluding carboxylic acids is 1. The minimum absolute atomic E-state index is 0.119. The molecule has 0 bridgehead atoms. The van der Waals surface area contributed by atoms with Gasteiger partial charge in [-0.25, -0.2) is 0 Å². The highest BCUT2D eigenvalue weighted by molar-refractivity contribution is 6.74. The molecular weight excluding hydrogens is 306 g/mol. The lowest BCUT2D eigenvalue weighted by molar-refractivity contribution is -0.111. The zero-order chi connectivity index (χ0) is 17.7. The summed E-state index contributed by atoms with van der Waals surface area (Å²) in [5.74, 6) is -0.119. The third-order valence-electron chi connectivity index (χ3n) is 4.55. The maximum Gasteiger partial charge on any atom is 0.248 e. The van der Waals surface area contributed by atoms with E-state index in [1.807, 2.05) is 20.0 Å². The van der Waals surface area contributed by atoms with Gasteiger partial charge in [-0.1, -0.05) is 26.8 Å². The molecule has 0 radical (unpaired) electrons. The summed E-state index contributed by atoms with van der Waals surface area (Å²) >= 11 is 0. The van der Waals surface area contributed by atoms with Crippen LogP contribution in [0, 0.1) is 6.92 Å². The first-order valence-electron chi connectivity index (χ1n) is 8.14. The van der Waals surface area contributed by atoms with E-state index in [2.05, 4.69) is 44.3 Å². The molecule has 1 amide bonds. The Morgan fingerprint density at radius 2 is 2.09 bits per heavy atom. The van der Waals surface area contributed by atoms with E-state index in [1.54, 1.807) is 17.0 Å². The van der Waals surface area contributed by atoms with Crippen molar-refractivity contribution in [3.05, 3.63) is 24.0 Å². The van der Waals surface area contributed by atoms with Gasteiger partial charge in [0.05, 0.1) is 17.6 Å². The Kier molecular flexibility index (Phi) is 6.77. The molecule has 0 aromatic carbocycles. The number of aryl methyl sites for hydroxylation is 1. The zero-order valence-electron chi connectivity index (χ0n) is 15.6. The molecule has 1 heterocycles. The van der Waals surface area contributed by atoms with Gasteiger partial charge in [0.2, 0.25) is 5.91 Å². The molecule has 0 saturated carbocycles. The van der Waals surface area contributed by atoms with Crippen LogP contribution in [0.5, 0.6) is 0 Å². The lowest BCUT2D eigenvalue weighted by Gasteiger charge is -2.36. The van der Waals surface area contributed by atoms with Crippen molar-refractivity contribution >= 4 is 19.9 Å². The molecule has 1 rings (SSSR count). The van der Waals surface area contributed by atoms with Crippen LogP contribution in [0.4, 0.5) is 5.69 Å². The second-order valence-electron chi connectivity index (χ2n) is 7.41. The molecule has 0 atom stereocenters. The van der Waals surface area contributed by atoms with Crippen LogP contribution < -0.4 is 5.32 Å². The number of nitrogens with one attached hydrogen (secondary N) is 1. The van der Waals surface area contributed by atoms with E-state index in [4.69, 9.17) is 4.43 Å². The number of carbonyl (C=O) groups is 1. The molecule has 6 heteroatoms. The fourth-order valence-corrected chi connectivity index (χ4v) is 2.82. The third kappa shape index (κ3) is 5.95. The Morgan fingerprint density at radius 1 is 1.43 bits per heavy atom. The molecule has 0 fully saturated rings. The third-order valence-corrected chi connectivity index (χ3v) is 9.08. The largest absolute Gasteiger partial charge is 0.417 e. The van der Waals surface area contributed by atoms with Crippen LogP contribution in [0.25, 0.3) is 0 Å². The van der Waals surface area contributed by atoms with Crippen molar-refractivity contribution in [3.63, 3.8) is 0 Å². The molecule has 1 aromatic heterocycles. The molecule has 130 valence electrons. The lowest BCUT2D eigenvalue weighted by Crippen LogP contribution is -2.40. The van der Waals surface area contributed by atoms with Crippen LogP contribution in [0.2, 0.25) is 18.1 Å². The SMILES string of the molecule is Cc1c(NC(=O)/C=C/CCCO[Si](C)(C)C(C)(C)C)cnn1C. The van der Waals surface area contributed by atoms with Crippen molar-refractivity contribution in [1.29, 1.82) is 0 Å². The van der Waals surface area contributed by atoms with Crippen molar-refractivity contribution < 1.29 is 9.22 Å². The van der Waals surface area contributed by atoms with Crippen molar-refractivity contribution in [2.24, 2.45) is 7.05 Å². The van der Waals surface area contributed by atoms with Gasteiger partial charge < -0.3 is 9.74 Å². The predicted molar refractivity (Wildman–Crippen MR) is 98.1 cm³/mol. The number of amides is 1. The monoisotopic (exact) mass is 337 g/mol. The summed E-state index contributed by atoms with van der Waals surface area (Å²) in [6.45, 7) is 13.9. The molecule has 0 aliphatic carbocycles. The van der Waals surface area contributed by atoms with Gasteiger partial charge >= 0.3 is 0 Å². The Hall–Kier alpha value is -1.40. The van der Waals surface area contributed by atoms with Gasteiger partial charge in [0.15, 0.2) is 8.32 Å². The van der Waals surface area contributed by atoms with Crippen LogP contribution in [0.3, 0.4) is 0 Å². The van der Waals surface area contributed by atoms with E-state index in [-0.39, 0.29) is 10.9 Å². The Balaban J connectivity index is 2.29. The van der Waals surface area contributed by atoms with Gasteiger partial charge in [0.1, 0.15) is 0 Å². The zero-order valence-corrected chi connectivity index (χ0v) is 16.6. The molecule has 0 aliphatic rings. The minimum atomic E-state index is -1.65. The summed E-state index contributed by atoms with van der Waals surface area (Å²) in [7, 11) is 0.196. The van der Waals surface area contributed by atoms with Crippen LogP contribution in [-0.2, 0) is 16.3 Å². The van der Waals surface area contributed by atoms with Gasteiger partial charge in [-0.2, -0.15) is 5.10 Å². The summed E-state index contributed by atoms with van der Waals surface area (Å²) in [4.78, 5) is 11.8. The maximum absolute atomic E-state index is 11.8. The summed E-state index contributed by atoms with van der Waals surface area (Å²) < 4.78 is 7.84. The highest BCUT2D eigenvalue weighted by atomic mass is 28.4. The first kappa shape index (κ1) is 19.6. The molecule has 0 unspecified atom stereocenters. The Labute approximate surface area is 141 Å². The van der Waals surface area contributed by atoms with Gasteiger partial charge in [-0.15, -0.1) is 0 Å². The van der Waals surface area contributed by atoms with Crippen molar-refractivity contribution in [3.8, 4) is 0 Å². The number of allylic oxidation sites excluding steroid dienone is 1. The van der Waals surface area contributed by atoms with E-state index in [0.717, 1.165) is 30.8 Å². The molecule has 23 heavy (non-hydrogen) atoms. The average Bonchev–Trinajstić information content (AvgIpc) is 2.73. The molecular formula is C17H31N3O2Si.